The van der Waals surface area contributed by atoms with Crippen molar-refractivity contribution in [1.82, 2.24) is 6.15 Å². The third kappa shape index (κ3) is 7.35. The lowest BCUT2D eigenvalue weighted by molar-refractivity contribution is -0.159. The van der Waals surface area contributed by atoms with Crippen LogP contribution in [0.25, 0.3) is 0 Å². The minimum atomic E-state index is -0.498. The molecule has 0 aliphatic heterocycles. The van der Waals surface area contributed by atoms with E-state index >= 15 is 0 Å². The summed E-state index contributed by atoms with van der Waals surface area (Å²) in [7, 11) is 0. The van der Waals surface area contributed by atoms with Gasteiger partial charge in [-0.3, -0.25) is 9.59 Å². The first-order valence-electron chi connectivity index (χ1n) is 3.05. The van der Waals surface area contributed by atoms with Crippen LogP contribution in [-0.4, -0.2) is 17.7 Å². The van der Waals surface area contributed by atoms with Gasteiger partial charge in [0.05, 0.1) is 6.42 Å². The first kappa shape index (κ1) is 13.1. The first-order chi connectivity index (χ1) is 4.70. The summed E-state index contributed by atoms with van der Waals surface area (Å²) in [6, 6.07) is 0. The van der Waals surface area contributed by atoms with Gasteiger partial charge in [0, 0.05) is 12.2 Å². The number of thiol groups is 1. The van der Waals surface area contributed by atoms with E-state index in [1.807, 2.05) is 0 Å². The van der Waals surface area contributed by atoms with Gasteiger partial charge in [0.1, 0.15) is 0 Å². The summed E-state index contributed by atoms with van der Waals surface area (Å²) in [5.74, 6) is -0.566. The average molecular weight is 179 g/mol. The molecule has 0 rings (SSSR count). The third-order valence-electron chi connectivity index (χ3n) is 0.832. The van der Waals surface area contributed by atoms with Crippen LogP contribution >= 0.6 is 12.6 Å². The summed E-state index contributed by atoms with van der Waals surface area (Å²) < 4.78 is 4.31. The molecule has 0 heterocycles. The van der Waals surface area contributed by atoms with Crippen LogP contribution in [0.4, 0.5) is 0 Å². The molecule has 3 N–H and O–H groups in total. The van der Waals surface area contributed by atoms with Crippen molar-refractivity contribution in [1.29, 1.82) is 0 Å². The second-order valence-electron chi connectivity index (χ2n) is 1.67. The lowest BCUT2D eigenvalue weighted by Gasteiger charge is -1.97. The van der Waals surface area contributed by atoms with Crippen molar-refractivity contribution >= 4 is 24.6 Å². The van der Waals surface area contributed by atoms with E-state index in [4.69, 9.17) is 0 Å². The topological polar surface area (TPSA) is 78.4 Å². The second-order valence-corrected chi connectivity index (χ2v) is 2.12. The van der Waals surface area contributed by atoms with E-state index in [9.17, 15) is 9.59 Å². The van der Waals surface area contributed by atoms with E-state index in [1.54, 1.807) is 6.92 Å². The fraction of sp³-hybridized carbons (Fsp3) is 0.667. The Morgan fingerprint density at radius 1 is 1.36 bits per heavy atom. The van der Waals surface area contributed by atoms with Crippen molar-refractivity contribution in [3.63, 3.8) is 0 Å². The Hall–Kier alpha value is -0.550. The Kier molecular flexibility index (Phi) is 8.98. The van der Waals surface area contributed by atoms with Crippen molar-refractivity contribution < 1.29 is 14.3 Å². The normalized spacial score (nSPS) is 8.18. The van der Waals surface area contributed by atoms with E-state index in [0.29, 0.717) is 5.75 Å². The van der Waals surface area contributed by atoms with Gasteiger partial charge in [-0.2, -0.15) is 12.6 Å². The minimum Gasteiger partial charge on any atom is -0.393 e. The fourth-order valence-corrected chi connectivity index (χ4v) is 0.524. The van der Waals surface area contributed by atoms with Gasteiger partial charge < -0.3 is 10.9 Å². The highest BCUT2D eigenvalue weighted by Crippen LogP contribution is 1.91. The standard InChI is InChI=1S/C6H10O3S.H3N/c1-2-5(7)9-6(8)3-4-10;/h10H,2-4H2,1H3;1H3. The van der Waals surface area contributed by atoms with Crippen LogP contribution in [0.2, 0.25) is 0 Å². The van der Waals surface area contributed by atoms with E-state index in [1.165, 1.54) is 0 Å². The Balaban J connectivity index is 0. The Bertz CT molecular complexity index is 138. The SMILES string of the molecule is CCC(=O)OC(=O)CCS.N. The van der Waals surface area contributed by atoms with Crippen molar-refractivity contribution in [2.75, 3.05) is 5.75 Å². The van der Waals surface area contributed by atoms with Gasteiger partial charge in [-0.05, 0) is 0 Å². The number of ether oxygens (including phenoxy) is 1. The molecule has 0 aliphatic rings. The molecule has 0 unspecified atom stereocenters. The largest absolute Gasteiger partial charge is 0.393 e. The fourth-order valence-electron chi connectivity index (χ4n) is 0.341. The highest BCUT2D eigenvalue weighted by atomic mass is 32.1. The van der Waals surface area contributed by atoms with Crippen LogP contribution in [0.15, 0.2) is 0 Å². The molecule has 4 nitrogen and oxygen atoms in total. The highest BCUT2D eigenvalue weighted by molar-refractivity contribution is 7.80. The van der Waals surface area contributed by atoms with Crippen molar-refractivity contribution in [2.45, 2.75) is 19.8 Å². The molecule has 0 aromatic rings. The summed E-state index contributed by atoms with van der Waals surface area (Å²) in [6.07, 6.45) is 0.424. The number of hydrogen-bond donors (Lipinski definition) is 2. The molecule has 0 aromatic heterocycles. The number of esters is 2. The maximum atomic E-state index is 10.5. The summed E-state index contributed by atoms with van der Waals surface area (Å²) in [5, 5.41) is 0. The molecule has 0 fully saturated rings. The van der Waals surface area contributed by atoms with Crippen LogP contribution in [0.1, 0.15) is 19.8 Å². The number of carbonyl (C=O) groups is 2. The maximum absolute atomic E-state index is 10.5. The van der Waals surface area contributed by atoms with E-state index < -0.39 is 11.9 Å². The molecule has 0 aromatic carbocycles. The van der Waals surface area contributed by atoms with E-state index in [0.717, 1.165) is 0 Å². The van der Waals surface area contributed by atoms with Gasteiger partial charge in [0.25, 0.3) is 0 Å². The number of hydrogen-bond acceptors (Lipinski definition) is 5. The third-order valence-corrected chi connectivity index (χ3v) is 1.06. The Morgan fingerprint density at radius 2 is 1.91 bits per heavy atom. The second kappa shape index (κ2) is 7.56. The summed E-state index contributed by atoms with van der Waals surface area (Å²) >= 11 is 3.80. The number of rotatable bonds is 3. The first-order valence-corrected chi connectivity index (χ1v) is 3.68. The predicted molar refractivity (Wildman–Crippen MR) is 44.9 cm³/mol. The molecule has 0 saturated heterocycles. The van der Waals surface area contributed by atoms with Gasteiger partial charge in [-0.25, -0.2) is 0 Å². The van der Waals surface area contributed by atoms with Gasteiger partial charge in [-0.1, -0.05) is 6.92 Å². The highest BCUT2D eigenvalue weighted by Gasteiger charge is 2.05. The lowest BCUT2D eigenvalue weighted by Crippen LogP contribution is -2.11. The van der Waals surface area contributed by atoms with E-state index in [-0.39, 0.29) is 19.0 Å². The van der Waals surface area contributed by atoms with Crippen LogP contribution in [0.3, 0.4) is 0 Å². The zero-order chi connectivity index (χ0) is 7.98. The predicted octanol–water partition coefficient (Wildman–Crippen LogP) is 0.948. The summed E-state index contributed by atoms with van der Waals surface area (Å²) in [6.45, 7) is 1.64. The molecule has 0 amide bonds. The maximum Gasteiger partial charge on any atom is 0.314 e. The van der Waals surface area contributed by atoms with Crippen molar-refractivity contribution in [2.24, 2.45) is 0 Å². The monoisotopic (exact) mass is 179 g/mol. The summed E-state index contributed by atoms with van der Waals surface area (Å²) in [4.78, 5) is 20.9. The zero-order valence-electron chi connectivity index (χ0n) is 6.50. The van der Waals surface area contributed by atoms with Gasteiger partial charge in [0.2, 0.25) is 0 Å². The molecule has 0 radical (unpaired) electrons. The van der Waals surface area contributed by atoms with E-state index in [2.05, 4.69) is 17.4 Å². The van der Waals surface area contributed by atoms with Crippen LogP contribution in [-0.2, 0) is 14.3 Å². The van der Waals surface area contributed by atoms with Crippen molar-refractivity contribution in [3.05, 3.63) is 0 Å². The van der Waals surface area contributed by atoms with Gasteiger partial charge in [-0.15, -0.1) is 0 Å². The quantitative estimate of drug-likeness (QED) is 0.384. The molecular weight excluding hydrogens is 166 g/mol. The Morgan fingerprint density at radius 3 is 2.27 bits per heavy atom. The van der Waals surface area contributed by atoms with Crippen LogP contribution in [0.5, 0.6) is 0 Å². The van der Waals surface area contributed by atoms with Crippen LogP contribution in [0, 0.1) is 0 Å². The molecule has 0 atom stereocenters. The van der Waals surface area contributed by atoms with Gasteiger partial charge in [0.15, 0.2) is 0 Å². The Labute approximate surface area is 71.3 Å². The molecule has 0 saturated carbocycles. The molecule has 11 heavy (non-hydrogen) atoms. The molecule has 0 bridgehead atoms. The average Bonchev–Trinajstić information content (AvgIpc) is 1.88. The number of carbonyl (C=O) groups excluding carboxylic acids is 2. The van der Waals surface area contributed by atoms with Crippen molar-refractivity contribution in [3.8, 4) is 0 Å². The minimum absolute atomic E-state index is 0. The lowest BCUT2D eigenvalue weighted by atomic mass is 10.5. The smallest absolute Gasteiger partial charge is 0.314 e. The molecule has 66 valence electrons. The van der Waals surface area contributed by atoms with Crippen LogP contribution < -0.4 is 6.15 Å². The summed E-state index contributed by atoms with van der Waals surface area (Å²) in [5.41, 5.74) is 0. The molecule has 0 aliphatic carbocycles. The molecule has 5 heteroatoms. The molecular formula is C6H13NO3S. The molecule has 0 spiro atoms. The zero-order valence-corrected chi connectivity index (χ0v) is 7.39. The van der Waals surface area contributed by atoms with Gasteiger partial charge >= 0.3 is 11.9 Å².